The first-order chi connectivity index (χ1) is 15.6. The van der Waals surface area contributed by atoms with Gasteiger partial charge in [-0.1, -0.05) is 6.92 Å². The molecular weight excluding hydrogens is 422 g/mol. The van der Waals surface area contributed by atoms with Gasteiger partial charge in [0.15, 0.2) is 0 Å². The molecule has 0 spiro atoms. The highest BCUT2D eigenvalue weighted by atomic mass is 32.1. The second-order valence-electron chi connectivity index (χ2n) is 8.35. The van der Waals surface area contributed by atoms with Gasteiger partial charge in [0.25, 0.3) is 0 Å². The monoisotopic (exact) mass is 449 g/mol. The van der Waals surface area contributed by atoms with Crippen molar-refractivity contribution in [2.45, 2.75) is 51.6 Å². The quantitative estimate of drug-likeness (QED) is 0.522. The number of benzene rings is 1. The molecule has 0 saturated carbocycles. The Morgan fingerprint density at radius 2 is 1.91 bits per heavy atom. The number of carbonyl (C=O) groups is 2. The molecule has 0 fully saturated rings. The number of amides is 2. The van der Waals surface area contributed by atoms with Crippen LogP contribution in [0.3, 0.4) is 0 Å². The summed E-state index contributed by atoms with van der Waals surface area (Å²) in [7, 11) is 1.36. The summed E-state index contributed by atoms with van der Waals surface area (Å²) in [6, 6.07) is 10.9. The summed E-state index contributed by atoms with van der Waals surface area (Å²) in [5, 5.41) is 4.31. The van der Waals surface area contributed by atoms with Gasteiger partial charge in [-0.2, -0.15) is 0 Å². The Balaban J connectivity index is 1.48. The lowest BCUT2D eigenvalue weighted by molar-refractivity contribution is 0.0600. The Morgan fingerprint density at radius 3 is 2.66 bits per heavy atom. The highest BCUT2D eigenvalue weighted by Gasteiger charge is 2.34. The minimum Gasteiger partial charge on any atom is -0.465 e. The summed E-state index contributed by atoms with van der Waals surface area (Å²) < 4.78 is 7.05. The Morgan fingerprint density at radius 1 is 1.12 bits per heavy atom. The zero-order chi connectivity index (χ0) is 22.2. The first-order valence-electron chi connectivity index (χ1n) is 11.2. The number of ether oxygens (including phenoxy) is 1. The normalized spacial score (nSPS) is 17.1. The summed E-state index contributed by atoms with van der Waals surface area (Å²) in [6.45, 7) is 2.73. The summed E-state index contributed by atoms with van der Waals surface area (Å²) in [5.74, 6) is -0.392. The van der Waals surface area contributed by atoms with E-state index in [4.69, 9.17) is 4.74 Å². The van der Waals surface area contributed by atoms with Crippen LogP contribution < -0.4 is 5.32 Å². The van der Waals surface area contributed by atoms with E-state index in [0.29, 0.717) is 17.8 Å². The van der Waals surface area contributed by atoms with Gasteiger partial charge in [0.05, 0.1) is 25.3 Å². The maximum atomic E-state index is 13.5. The lowest BCUT2D eigenvalue weighted by atomic mass is 9.95. The zero-order valence-corrected chi connectivity index (χ0v) is 19.2. The van der Waals surface area contributed by atoms with Crippen molar-refractivity contribution < 1.29 is 14.3 Å². The van der Waals surface area contributed by atoms with Crippen molar-refractivity contribution in [2.24, 2.45) is 0 Å². The van der Waals surface area contributed by atoms with E-state index >= 15 is 0 Å². The van der Waals surface area contributed by atoms with Crippen molar-refractivity contribution >= 4 is 29.0 Å². The minimum absolute atomic E-state index is 0.0156. The van der Waals surface area contributed by atoms with Crippen LogP contribution in [0.2, 0.25) is 0 Å². The van der Waals surface area contributed by atoms with Gasteiger partial charge in [-0.3, -0.25) is 0 Å². The SMILES string of the molecule is CC[C@H]1c2cccn2-c2sc3c(c2CN1C(=O)Nc1ccc(C(=O)OC)cc1)CCCC3. The predicted molar refractivity (Wildman–Crippen MR) is 126 cm³/mol. The molecule has 2 amide bonds. The average molecular weight is 450 g/mol. The Labute approximate surface area is 191 Å². The number of methoxy groups -OCH3 is 1. The molecule has 1 aromatic carbocycles. The molecule has 0 radical (unpaired) electrons. The Bertz CT molecular complexity index is 1160. The number of aromatic nitrogens is 1. The molecule has 3 aromatic rings. The van der Waals surface area contributed by atoms with E-state index in [9.17, 15) is 9.59 Å². The van der Waals surface area contributed by atoms with Crippen molar-refractivity contribution in [1.29, 1.82) is 0 Å². The lowest BCUT2D eigenvalue weighted by Gasteiger charge is -2.30. The molecule has 166 valence electrons. The molecule has 3 heterocycles. The number of thiophene rings is 1. The molecule has 0 bridgehead atoms. The summed E-state index contributed by atoms with van der Waals surface area (Å²) in [6.07, 6.45) is 7.65. The smallest absolute Gasteiger partial charge is 0.337 e. The standard InChI is InChI=1S/C25H27N3O3S/c1-3-20-21-8-6-14-27(21)23-19(18-7-4-5-9-22(18)32-23)15-28(20)25(30)26-17-12-10-16(11-13-17)24(29)31-2/h6,8,10-14,20H,3-5,7,9,15H2,1-2H3,(H,26,30)/t20-/m0/s1. The van der Waals surface area contributed by atoms with E-state index in [0.717, 1.165) is 25.0 Å². The Kier molecular flexibility index (Phi) is 5.51. The number of rotatable bonds is 3. The third-order valence-electron chi connectivity index (χ3n) is 6.51. The summed E-state index contributed by atoms with van der Waals surface area (Å²) in [5.41, 5.74) is 5.02. The molecule has 1 N–H and O–H groups in total. The number of hydrogen-bond donors (Lipinski definition) is 1. The molecule has 2 aromatic heterocycles. The topological polar surface area (TPSA) is 63.6 Å². The van der Waals surface area contributed by atoms with Crippen molar-refractivity contribution in [1.82, 2.24) is 9.47 Å². The van der Waals surface area contributed by atoms with E-state index in [1.54, 1.807) is 24.3 Å². The lowest BCUT2D eigenvalue weighted by Crippen LogP contribution is -2.37. The van der Waals surface area contributed by atoms with Crippen LogP contribution in [-0.2, 0) is 24.1 Å². The maximum Gasteiger partial charge on any atom is 0.337 e. The van der Waals surface area contributed by atoms with Crippen LogP contribution in [0.4, 0.5) is 10.5 Å². The van der Waals surface area contributed by atoms with E-state index in [1.165, 1.54) is 41.0 Å². The summed E-state index contributed by atoms with van der Waals surface area (Å²) >= 11 is 1.90. The maximum absolute atomic E-state index is 13.5. The Hall–Kier alpha value is -3.06. The van der Waals surface area contributed by atoms with Crippen molar-refractivity contribution in [3.8, 4) is 5.00 Å². The molecule has 7 heteroatoms. The largest absolute Gasteiger partial charge is 0.465 e. The van der Waals surface area contributed by atoms with Gasteiger partial charge in [-0.25, -0.2) is 9.59 Å². The van der Waals surface area contributed by atoms with Crippen LogP contribution in [0, 0.1) is 0 Å². The molecule has 1 aliphatic carbocycles. The number of carbonyl (C=O) groups excluding carboxylic acids is 2. The van der Waals surface area contributed by atoms with Crippen LogP contribution in [-0.4, -0.2) is 28.6 Å². The fraction of sp³-hybridized carbons (Fsp3) is 0.360. The fourth-order valence-electron chi connectivity index (χ4n) is 4.91. The van der Waals surface area contributed by atoms with Gasteiger partial charge in [0.1, 0.15) is 5.00 Å². The van der Waals surface area contributed by atoms with Crippen LogP contribution in [0.5, 0.6) is 0 Å². The highest BCUT2D eigenvalue weighted by molar-refractivity contribution is 7.15. The second kappa shape index (κ2) is 8.47. The van der Waals surface area contributed by atoms with Crippen LogP contribution in [0.25, 0.3) is 5.00 Å². The van der Waals surface area contributed by atoms with Gasteiger partial charge in [-0.05, 0) is 74.1 Å². The molecule has 0 unspecified atom stereocenters. The first kappa shape index (κ1) is 20.8. The fourth-order valence-corrected chi connectivity index (χ4v) is 6.31. The van der Waals surface area contributed by atoms with E-state index in [-0.39, 0.29) is 12.1 Å². The zero-order valence-electron chi connectivity index (χ0n) is 18.4. The number of anilines is 1. The molecule has 5 rings (SSSR count). The van der Waals surface area contributed by atoms with Gasteiger partial charge in [-0.15, -0.1) is 11.3 Å². The van der Waals surface area contributed by atoms with Crippen molar-refractivity contribution in [3.05, 3.63) is 69.9 Å². The number of esters is 1. The number of hydrogen-bond acceptors (Lipinski definition) is 4. The van der Waals surface area contributed by atoms with Gasteiger partial charge >= 0.3 is 12.0 Å². The van der Waals surface area contributed by atoms with Gasteiger partial charge in [0.2, 0.25) is 0 Å². The molecule has 1 atom stereocenters. The van der Waals surface area contributed by atoms with E-state index in [1.807, 2.05) is 16.2 Å². The van der Waals surface area contributed by atoms with Crippen LogP contribution >= 0.6 is 11.3 Å². The molecule has 6 nitrogen and oxygen atoms in total. The highest BCUT2D eigenvalue weighted by Crippen LogP contribution is 2.43. The summed E-state index contributed by atoms with van der Waals surface area (Å²) in [4.78, 5) is 28.7. The molecule has 32 heavy (non-hydrogen) atoms. The number of aryl methyl sites for hydroxylation is 1. The van der Waals surface area contributed by atoms with E-state index in [2.05, 4.69) is 35.1 Å². The number of fused-ring (bicyclic) bond motifs is 5. The van der Waals surface area contributed by atoms with E-state index < -0.39 is 5.97 Å². The second-order valence-corrected chi connectivity index (χ2v) is 9.43. The molecular formula is C25H27N3O3S. The number of nitrogens with one attached hydrogen (secondary N) is 1. The number of nitrogens with zero attached hydrogens (tertiary/aromatic N) is 2. The molecule has 0 saturated heterocycles. The molecule has 2 aliphatic rings. The van der Waals surface area contributed by atoms with Crippen LogP contribution in [0.1, 0.15) is 64.3 Å². The third kappa shape index (κ3) is 3.50. The van der Waals surface area contributed by atoms with Gasteiger partial charge in [0, 0.05) is 28.0 Å². The third-order valence-corrected chi connectivity index (χ3v) is 7.84. The van der Waals surface area contributed by atoms with Crippen molar-refractivity contribution in [2.75, 3.05) is 12.4 Å². The molecule has 1 aliphatic heterocycles. The van der Waals surface area contributed by atoms with Gasteiger partial charge < -0.3 is 19.5 Å². The first-order valence-corrected chi connectivity index (χ1v) is 12.0. The van der Waals surface area contributed by atoms with Crippen LogP contribution in [0.15, 0.2) is 42.6 Å². The minimum atomic E-state index is -0.392. The predicted octanol–water partition coefficient (Wildman–Crippen LogP) is 5.70. The average Bonchev–Trinajstić information content (AvgIpc) is 3.41. The van der Waals surface area contributed by atoms with Crippen molar-refractivity contribution in [3.63, 3.8) is 0 Å². The number of urea groups is 1.